The van der Waals surface area contributed by atoms with Crippen LogP contribution in [-0.2, 0) is 14.8 Å². The average molecular weight is 210 g/mol. The largest absolute Gasteiger partial charge is 0.443 e. The Morgan fingerprint density at radius 2 is 1.77 bits per heavy atom. The molecule has 13 heavy (non-hydrogen) atoms. The van der Waals surface area contributed by atoms with E-state index in [-0.39, 0.29) is 0 Å². The van der Waals surface area contributed by atoms with Crippen LogP contribution in [0.15, 0.2) is 0 Å². The van der Waals surface area contributed by atoms with Gasteiger partial charge in [0, 0.05) is 0 Å². The molecule has 0 saturated carbocycles. The average Bonchev–Trinajstić information content (AvgIpc) is 1.78. The molecule has 0 bridgehead atoms. The van der Waals surface area contributed by atoms with Crippen LogP contribution in [-0.4, -0.2) is 26.4 Å². The quantitative estimate of drug-likeness (QED) is 0.627. The molecule has 0 spiro atoms. The molecule has 7 heteroatoms. The molecule has 6 nitrogen and oxygen atoms in total. The van der Waals surface area contributed by atoms with Gasteiger partial charge in [0.25, 0.3) is 0 Å². The Labute approximate surface area is 77.7 Å². The molecule has 0 aromatic rings. The molecule has 0 atom stereocenters. The summed E-state index contributed by atoms with van der Waals surface area (Å²) in [5.74, 6) is 0. The molecule has 0 fully saturated rings. The number of carbonyl (C=O) groups excluding carboxylic acids is 1. The van der Waals surface area contributed by atoms with E-state index in [0.29, 0.717) is 0 Å². The molecule has 1 amide bonds. The number of carbonyl (C=O) groups is 1. The van der Waals surface area contributed by atoms with Crippen LogP contribution in [0.5, 0.6) is 0 Å². The SMILES string of the molecule is CC(C)(C)OC(=O)NNS(C)(=O)=O. The molecule has 2 N–H and O–H groups in total. The first-order valence-corrected chi connectivity index (χ1v) is 5.45. The minimum atomic E-state index is -3.44. The maximum Gasteiger partial charge on any atom is 0.422 e. The summed E-state index contributed by atoms with van der Waals surface area (Å²) in [6, 6.07) is 0. The van der Waals surface area contributed by atoms with Crippen molar-refractivity contribution < 1.29 is 17.9 Å². The molecule has 0 aliphatic carbocycles. The molecular weight excluding hydrogens is 196 g/mol. The molecule has 0 radical (unpaired) electrons. The lowest BCUT2D eigenvalue weighted by Crippen LogP contribution is -2.43. The van der Waals surface area contributed by atoms with E-state index in [1.54, 1.807) is 25.6 Å². The van der Waals surface area contributed by atoms with E-state index in [1.165, 1.54) is 0 Å². The van der Waals surface area contributed by atoms with Crippen LogP contribution >= 0.6 is 0 Å². The van der Waals surface area contributed by atoms with Gasteiger partial charge in [-0.2, -0.15) is 0 Å². The highest BCUT2D eigenvalue weighted by molar-refractivity contribution is 7.88. The van der Waals surface area contributed by atoms with Crippen molar-refractivity contribution in [2.45, 2.75) is 26.4 Å². The van der Waals surface area contributed by atoms with Crippen LogP contribution in [0.25, 0.3) is 0 Å². The van der Waals surface area contributed by atoms with E-state index in [4.69, 9.17) is 4.74 Å². The van der Waals surface area contributed by atoms with Crippen LogP contribution in [0.2, 0.25) is 0 Å². The molecule has 0 aliphatic rings. The molecule has 0 saturated heterocycles. The Balaban J connectivity index is 3.92. The summed E-state index contributed by atoms with van der Waals surface area (Å²) in [5.41, 5.74) is 1.23. The molecule has 78 valence electrons. The lowest BCUT2D eigenvalue weighted by molar-refractivity contribution is 0.0515. The van der Waals surface area contributed by atoms with Crippen LogP contribution in [0.1, 0.15) is 20.8 Å². The van der Waals surface area contributed by atoms with E-state index >= 15 is 0 Å². The van der Waals surface area contributed by atoms with Crippen molar-refractivity contribution in [1.29, 1.82) is 0 Å². The zero-order valence-corrected chi connectivity index (χ0v) is 8.86. The minimum absolute atomic E-state index is 0.650. The lowest BCUT2D eigenvalue weighted by atomic mass is 10.2. The van der Waals surface area contributed by atoms with Crippen molar-refractivity contribution in [2.75, 3.05) is 6.26 Å². The van der Waals surface area contributed by atoms with Gasteiger partial charge in [-0.25, -0.2) is 18.6 Å². The Kier molecular flexibility index (Phi) is 3.68. The van der Waals surface area contributed by atoms with E-state index in [9.17, 15) is 13.2 Å². The number of ether oxygens (including phenoxy) is 1. The number of amides is 1. The summed E-state index contributed by atoms with van der Waals surface area (Å²) in [7, 11) is -3.44. The van der Waals surface area contributed by atoms with Crippen molar-refractivity contribution in [2.24, 2.45) is 0 Å². The third-order valence-electron chi connectivity index (χ3n) is 0.737. The van der Waals surface area contributed by atoms with Gasteiger partial charge < -0.3 is 4.74 Å². The van der Waals surface area contributed by atoms with Crippen LogP contribution in [0.3, 0.4) is 0 Å². The summed E-state index contributed by atoms with van der Waals surface area (Å²) < 4.78 is 25.8. The van der Waals surface area contributed by atoms with Gasteiger partial charge in [-0.05, 0) is 20.8 Å². The monoisotopic (exact) mass is 210 g/mol. The first-order chi connectivity index (χ1) is 5.60. The Morgan fingerprint density at radius 1 is 1.31 bits per heavy atom. The third-order valence-corrected chi connectivity index (χ3v) is 1.21. The lowest BCUT2D eigenvalue weighted by Gasteiger charge is -2.19. The van der Waals surface area contributed by atoms with Gasteiger partial charge in [0.1, 0.15) is 5.60 Å². The van der Waals surface area contributed by atoms with Crippen LogP contribution < -0.4 is 10.3 Å². The number of hydrazine groups is 1. The summed E-state index contributed by atoms with van der Waals surface area (Å²) >= 11 is 0. The predicted octanol–water partition coefficient (Wildman–Crippen LogP) is -0.0247. The van der Waals surface area contributed by atoms with Crippen LogP contribution in [0.4, 0.5) is 4.79 Å². The highest BCUT2D eigenvalue weighted by Crippen LogP contribution is 2.05. The van der Waals surface area contributed by atoms with Gasteiger partial charge in [0.15, 0.2) is 0 Å². The Hall–Kier alpha value is -0.820. The van der Waals surface area contributed by atoms with Crippen molar-refractivity contribution in [3.63, 3.8) is 0 Å². The molecule has 0 rings (SSSR count). The van der Waals surface area contributed by atoms with Crippen molar-refractivity contribution >= 4 is 16.1 Å². The zero-order chi connectivity index (χ0) is 10.7. The Morgan fingerprint density at radius 3 is 2.08 bits per heavy atom. The van der Waals surface area contributed by atoms with Crippen molar-refractivity contribution in [3.8, 4) is 0 Å². The smallest absolute Gasteiger partial charge is 0.422 e. The highest BCUT2D eigenvalue weighted by atomic mass is 32.2. The van der Waals surface area contributed by atoms with Gasteiger partial charge in [0.2, 0.25) is 10.0 Å². The molecule has 0 heterocycles. The Bertz CT molecular complexity index is 277. The second-order valence-electron chi connectivity index (χ2n) is 3.50. The molecule has 0 aromatic heterocycles. The van der Waals surface area contributed by atoms with Crippen molar-refractivity contribution in [3.05, 3.63) is 0 Å². The molecule has 0 unspecified atom stereocenters. The van der Waals surface area contributed by atoms with E-state index < -0.39 is 21.7 Å². The fraction of sp³-hybridized carbons (Fsp3) is 0.833. The van der Waals surface area contributed by atoms with Gasteiger partial charge >= 0.3 is 6.09 Å². The zero-order valence-electron chi connectivity index (χ0n) is 8.04. The maximum absolute atomic E-state index is 10.8. The number of sulfonamides is 1. The van der Waals surface area contributed by atoms with Gasteiger partial charge in [-0.1, -0.05) is 0 Å². The predicted molar refractivity (Wildman–Crippen MR) is 47.3 cm³/mol. The van der Waals surface area contributed by atoms with Gasteiger partial charge in [0.05, 0.1) is 6.26 Å². The molecular formula is C6H14N2O4S. The second kappa shape index (κ2) is 3.93. The third kappa shape index (κ3) is 9.09. The first kappa shape index (κ1) is 12.2. The molecule has 0 aliphatic heterocycles. The fourth-order valence-corrected chi connectivity index (χ4v) is 0.707. The van der Waals surface area contributed by atoms with Crippen LogP contribution in [0, 0.1) is 0 Å². The van der Waals surface area contributed by atoms with Crippen molar-refractivity contribution in [1.82, 2.24) is 10.3 Å². The number of nitrogens with one attached hydrogen (secondary N) is 2. The normalized spacial score (nSPS) is 12.3. The topological polar surface area (TPSA) is 84.5 Å². The number of hydrogen-bond donors (Lipinski definition) is 2. The number of rotatable bonds is 2. The van der Waals surface area contributed by atoms with E-state index in [2.05, 4.69) is 0 Å². The highest BCUT2D eigenvalue weighted by Gasteiger charge is 2.16. The fourth-order valence-electron chi connectivity index (χ4n) is 0.438. The second-order valence-corrected chi connectivity index (χ2v) is 5.25. The summed E-state index contributed by atoms with van der Waals surface area (Å²) in [5, 5.41) is 0. The van der Waals surface area contributed by atoms with Gasteiger partial charge in [-0.15, -0.1) is 4.83 Å². The molecule has 0 aromatic carbocycles. The summed E-state index contributed by atoms with van der Waals surface area (Å²) in [6.07, 6.45) is 0.0857. The van der Waals surface area contributed by atoms with E-state index in [0.717, 1.165) is 6.26 Å². The van der Waals surface area contributed by atoms with Gasteiger partial charge in [-0.3, -0.25) is 0 Å². The van der Waals surface area contributed by atoms with E-state index in [1.807, 2.05) is 5.43 Å². The standard InChI is InChI=1S/C6H14N2O4S/c1-6(2,3)12-5(9)7-8-13(4,10)11/h8H,1-4H3,(H,7,9). The maximum atomic E-state index is 10.8. The first-order valence-electron chi connectivity index (χ1n) is 3.56. The summed E-state index contributed by atoms with van der Waals surface area (Å²) in [4.78, 5) is 12.6. The summed E-state index contributed by atoms with van der Waals surface area (Å²) in [6.45, 7) is 5.02. The minimum Gasteiger partial charge on any atom is -0.443 e. The number of hydrogen-bond acceptors (Lipinski definition) is 4.